The number of aromatic nitrogens is 2. The van der Waals surface area contributed by atoms with Crippen molar-refractivity contribution in [1.29, 1.82) is 0 Å². The predicted molar refractivity (Wildman–Crippen MR) is 73.9 cm³/mol. The Morgan fingerprint density at radius 3 is 2.83 bits per heavy atom. The van der Waals surface area contributed by atoms with Crippen LogP contribution in [0.4, 0.5) is 5.95 Å². The number of halogens is 2. The first-order valence-electron chi connectivity index (χ1n) is 5.12. The topological polar surface area (TPSA) is 54.9 Å². The van der Waals surface area contributed by atoms with Crippen LogP contribution in [-0.2, 0) is 0 Å². The van der Waals surface area contributed by atoms with Gasteiger partial charge in [0.25, 0.3) is 5.91 Å². The van der Waals surface area contributed by atoms with E-state index in [0.29, 0.717) is 5.56 Å². The van der Waals surface area contributed by atoms with Crippen LogP contribution in [0.5, 0.6) is 0 Å². The Labute approximate surface area is 118 Å². The maximum atomic E-state index is 12.0. The van der Waals surface area contributed by atoms with Gasteiger partial charge in [0.15, 0.2) is 0 Å². The molecule has 2 rings (SSSR count). The first-order chi connectivity index (χ1) is 8.54. The van der Waals surface area contributed by atoms with E-state index in [-0.39, 0.29) is 17.0 Å². The van der Waals surface area contributed by atoms with E-state index in [1.54, 1.807) is 18.2 Å². The molecule has 0 bridgehead atoms. The molecule has 1 aromatic heterocycles. The van der Waals surface area contributed by atoms with Crippen molar-refractivity contribution in [3.63, 3.8) is 0 Å². The number of anilines is 1. The van der Waals surface area contributed by atoms with Gasteiger partial charge in [0.05, 0.1) is 0 Å². The summed E-state index contributed by atoms with van der Waals surface area (Å²) < 4.78 is 0.847. The number of hydrogen-bond acceptors (Lipinski definition) is 3. The summed E-state index contributed by atoms with van der Waals surface area (Å²) >= 11 is 9.06. The SMILES string of the molecule is Cc1cc(Br)cc(C(=O)Nc2nccc(Cl)n2)c1. The van der Waals surface area contributed by atoms with Gasteiger partial charge in [-0.05, 0) is 36.8 Å². The summed E-state index contributed by atoms with van der Waals surface area (Å²) in [5, 5.41) is 2.87. The Hall–Kier alpha value is -1.46. The fourth-order valence-corrected chi connectivity index (χ4v) is 2.18. The number of amides is 1. The standard InChI is InChI=1S/C12H9BrClN3O/c1-7-4-8(6-9(13)5-7)11(18)17-12-15-3-2-10(14)16-12/h2-6H,1H3,(H,15,16,17,18). The molecule has 0 saturated heterocycles. The maximum Gasteiger partial charge on any atom is 0.258 e. The lowest BCUT2D eigenvalue weighted by molar-refractivity contribution is 0.102. The van der Waals surface area contributed by atoms with Gasteiger partial charge in [-0.3, -0.25) is 10.1 Å². The lowest BCUT2D eigenvalue weighted by atomic mass is 10.1. The Morgan fingerprint density at radius 1 is 1.39 bits per heavy atom. The summed E-state index contributed by atoms with van der Waals surface area (Å²) in [6.45, 7) is 1.91. The Bertz CT molecular complexity index is 583. The summed E-state index contributed by atoms with van der Waals surface area (Å²) in [4.78, 5) is 19.8. The van der Waals surface area contributed by atoms with Crippen LogP contribution in [0.1, 0.15) is 15.9 Å². The Kier molecular flexibility index (Phi) is 3.93. The minimum atomic E-state index is -0.276. The van der Waals surface area contributed by atoms with Crippen molar-refractivity contribution in [1.82, 2.24) is 9.97 Å². The molecule has 0 radical (unpaired) electrons. The molecule has 18 heavy (non-hydrogen) atoms. The van der Waals surface area contributed by atoms with Crippen molar-refractivity contribution in [2.75, 3.05) is 5.32 Å². The predicted octanol–water partition coefficient (Wildman–Crippen LogP) is 3.45. The highest BCUT2D eigenvalue weighted by Crippen LogP contribution is 2.16. The number of hydrogen-bond donors (Lipinski definition) is 1. The maximum absolute atomic E-state index is 12.0. The summed E-state index contributed by atoms with van der Waals surface area (Å²) in [5.41, 5.74) is 1.52. The van der Waals surface area contributed by atoms with E-state index >= 15 is 0 Å². The van der Waals surface area contributed by atoms with Crippen LogP contribution >= 0.6 is 27.5 Å². The van der Waals surface area contributed by atoms with Crippen molar-refractivity contribution < 1.29 is 4.79 Å². The van der Waals surface area contributed by atoms with Crippen LogP contribution in [0.15, 0.2) is 34.9 Å². The average Bonchev–Trinajstić information content (AvgIpc) is 2.27. The second kappa shape index (κ2) is 5.46. The number of nitrogens with one attached hydrogen (secondary N) is 1. The zero-order chi connectivity index (χ0) is 13.1. The molecule has 6 heteroatoms. The number of aryl methyl sites for hydroxylation is 1. The van der Waals surface area contributed by atoms with Gasteiger partial charge in [0.1, 0.15) is 5.15 Å². The van der Waals surface area contributed by atoms with Crippen LogP contribution in [0.2, 0.25) is 5.15 Å². The molecule has 0 fully saturated rings. The first kappa shape index (κ1) is 13.0. The fourth-order valence-electron chi connectivity index (χ4n) is 1.44. The monoisotopic (exact) mass is 325 g/mol. The number of benzene rings is 1. The van der Waals surface area contributed by atoms with Gasteiger partial charge in [0.2, 0.25) is 5.95 Å². The zero-order valence-electron chi connectivity index (χ0n) is 9.45. The highest BCUT2D eigenvalue weighted by atomic mass is 79.9. The summed E-state index contributed by atoms with van der Waals surface area (Å²) in [7, 11) is 0. The normalized spacial score (nSPS) is 10.2. The van der Waals surface area contributed by atoms with Crippen LogP contribution in [0.3, 0.4) is 0 Å². The van der Waals surface area contributed by atoms with Gasteiger partial charge in [-0.25, -0.2) is 9.97 Å². The van der Waals surface area contributed by atoms with E-state index in [2.05, 4.69) is 31.2 Å². The smallest absolute Gasteiger partial charge is 0.258 e. The molecule has 4 nitrogen and oxygen atoms in total. The van der Waals surface area contributed by atoms with Crippen LogP contribution < -0.4 is 5.32 Å². The molecule has 0 unspecified atom stereocenters. The average molecular weight is 327 g/mol. The molecule has 1 heterocycles. The van der Waals surface area contributed by atoms with E-state index in [4.69, 9.17) is 11.6 Å². The third-order valence-corrected chi connectivity index (χ3v) is 2.82. The van der Waals surface area contributed by atoms with E-state index < -0.39 is 0 Å². The van der Waals surface area contributed by atoms with Gasteiger partial charge in [-0.2, -0.15) is 0 Å². The van der Waals surface area contributed by atoms with Crippen molar-refractivity contribution >= 4 is 39.4 Å². The van der Waals surface area contributed by atoms with Crippen LogP contribution in [-0.4, -0.2) is 15.9 Å². The van der Waals surface area contributed by atoms with Gasteiger partial charge < -0.3 is 0 Å². The van der Waals surface area contributed by atoms with Gasteiger partial charge in [-0.1, -0.05) is 27.5 Å². The van der Waals surface area contributed by atoms with Gasteiger partial charge >= 0.3 is 0 Å². The summed E-state index contributed by atoms with van der Waals surface area (Å²) in [6, 6.07) is 6.98. The van der Waals surface area contributed by atoms with Crippen molar-refractivity contribution in [2.24, 2.45) is 0 Å². The Morgan fingerprint density at radius 2 is 2.17 bits per heavy atom. The molecule has 1 aromatic carbocycles. The van der Waals surface area contributed by atoms with E-state index in [1.807, 2.05) is 13.0 Å². The zero-order valence-corrected chi connectivity index (χ0v) is 11.8. The lowest BCUT2D eigenvalue weighted by Gasteiger charge is -2.05. The van der Waals surface area contributed by atoms with E-state index in [1.165, 1.54) is 6.20 Å². The van der Waals surface area contributed by atoms with Crippen molar-refractivity contribution in [3.8, 4) is 0 Å². The molecular weight excluding hydrogens is 318 g/mol. The van der Waals surface area contributed by atoms with E-state index in [9.17, 15) is 4.79 Å². The van der Waals surface area contributed by atoms with E-state index in [0.717, 1.165) is 10.0 Å². The molecule has 2 aromatic rings. The summed E-state index contributed by atoms with van der Waals surface area (Å²) in [5.74, 6) is -0.0909. The number of rotatable bonds is 2. The second-order valence-corrected chi connectivity index (χ2v) is 4.98. The summed E-state index contributed by atoms with van der Waals surface area (Å²) in [6.07, 6.45) is 1.48. The van der Waals surface area contributed by atoms with Gasteiger partial charge in [0, 0.05) is 16.2 Å². The van der Waals surface area contributed by atoms with Crippen LogP contribution in [0, 0.1) is 6.92 Å². The van der Waals surface area contributed by atoms with Crippen molar-refractivity contribution in [3.05, 3.63) is 51.2 Å². The third-order valence-electron chi connectivity index (χ3n) is 2.15. The minimum Gasteiger partial charge on any atom is -0.290 e. The minimum absolute atomic E-state index is 0.185. The molecular formula is C12H9BrClN3O. The highest BCUT2D eigenvalue weighted by Gasteiger charge is 2.09. The van der Waals surface area contributed by atoms with Crippen LogP contribution in [0.25, 0.3) is 0 Å². The molecule has 1 N–H and O–H groups in total. The van der Waals surface area contributed by atoms with Gasteiger partial charge in [-0.15, -0.1) is 0 Å². The molecule has 0 aliphatic carbocycles. The lowest BCUT2D eigenvalue weighted by Crippen LogP contribution is -2.14. The van der Waals surface area contributed by atoms with Crippen molar-refractivity contribution in [2.45, 2.75) is 6.92 Å². The second-order valence-electron chi connectivity index (χ2n) is 3.67. The molecule has 0 aliphatic heterocycles. The number of carbonyl (C=O) groups excluding carboxylic acids is 1. The molecule has 0 atom stereocenters. The molecule has 92 valence electrons. The number of carbonyl (C=O) groups is 1. The largest absolute Gasteiger partial charge is 0.290 e. The molecule has 0 saturated carbocycles. The highest BCUT2D eigenvalue weighted by molar-refractivity contribution is 9.10. The fraction of sp³-hybridized carbons (Fsp3) is 0.0833. The first-order valence-corrected chi connectivity index (χ1v) is 6.29. The quantitative estimate of drug-likeness (QED) is 0.860. The molecule has 1 amide bonds. The number of nitrogens with zero attached hydrogens (tertiary/aromatic N) is 2. The molecule has 0 spiro atoms. The third kappa shape index (κ3) is 3.27. The molecule has 0 aliphatic rings. The Balaban J connectivity index is 2.22.